The molecular weight excluding hydrogens is 1010 g/mol. The molecule has 2 fully saturated rings. The van der Waals surface area contributed by atoms with Crippen LogP contribution in [-0.4, -0.2) is 178 Å². The van der Waals surface area contributed by atoms with Crippen molar-refractivity contribution >= 4 is 53.2 Å². The minimum atomic E-state index is -1.97. The molecule has 4 N–H and O–H groups in total. The Bertz CT molecular complexity index is 2430. The van der Waals surface area contributed by atoms with Gasteiger partial charge in [0, 0.05) is 53.5 Å². The summed E-state index contributed by atoms with van der Waals surface area (Å²) >= 11 is 0. The van der Waals surface area contributed by atoms with E-state index in [1.807, 2.05) is 64.1 Å². The van der Waals surface area contributed by atoms with Crippen LogP contribution in [0.2, 0.25) is 0 Å². The highest BCUT2D eigenvalue weighted by Gasteiger charge is 2.48. The van der Waals surface area contributed by atoms with Gasteiger partial charge in [-0.3, -0.25) is 38.4 Å². The summed E-state index contributed by atoms with van der Waals surface area (Å²) in [4.78, 5) is 140. The molecule has 0 unspecified atom stereocenters. The van der Waals surface area contributed by atoms with Crippen molar-refractivity contribution in [2.45, 2.75) is 188 Å². The monoisotopic (exact) mass is 1100 g/mol. The molecule has 2 aromatic carbocycles. The summed E-state index contributed by atoms with van der Waals surface area (Å²) in [6.45, 7) is 20.7. The average molecular weight is 1100 g/mol. The maximum absolute atomic E-state index is 15.3. The van der Waals surface area contributed by atoms with Crippen molar-refractivity contribution in [3.63, 3.8) is 0 Å². The van der Waals surface area contributed by atoms with E-state index in [0.29, 0.717) is 18.4 Å². The van der Waals surface area contributed by atoms with Gasteiger partial charge in [-0.2, -0.15) is 0 Å². The summed E-state index contributed by atoms with van der Waals surface area (Å²) in [6.07, 6.45) is -0.170. The number of carbonyl (C=O) groups excluding carboxylic acids is 9. The second-order valence-electron chi connectivity index (χ2n) is 24.0. The Kier molecular flexibility index (Phi) is 23.6. The molecule has 2 aliphatic heterocycles. The average Bonchev–Trinajstić information content (AvgIpc) is 3.93. The molecule has 19 heteroatoms. The lowest BCUT2D eigenvalue weighted by Gasteiger charge is -2.39. The van der Waals surface area contributed by atoms with Crippen LogP contribution in [0.15, 0.2) is 60.7 Å². The van der Waals surface area contributed by atoms with E-state index in [4.69, 9.17) is 4.74 Å². The lowest BCUT2D eigenvalue weighted by atomic mass is 9.94. The van der Waals surface area contributed by atoms with Crippen molar-refractivity contribution < 1.29 is 53.0 Å². The number of cyclic esters (lactones) is 1. The van der Waals surface area contributed by atoms with Crippen LogP contribution in [0.25, 0.3) is 0 Å². The molecule has 0 spiro atoms. The molecule has 2 aromatic rings. The first-order chi connectivity index (χ1) is 36.9. The van der Waals surface area contributed by atoms with Crippen molar-refractivity contribution in [2.75, 3.05) is 34.7 Å². The van der Waals surface area contributed by atoms with Crippen molar-refractivity contribution in [3.8, 4) is 0 Å². The van der Waals surface area contributed by atoms with Gasteiger partial charge in [0.25, 0.3) is 5.91 Å². The van der Waals surface area contributed by atoms with Crippen molar-refractivity contribution in [3.05, 3.63) is 71.8 Å². The standard InChI is InChI=1S/C60H92N8O11/c1-17-39(10)49-58(76)66(15)48(38(8)9)53(71)63-44(33-40-25-20-18-21-26-40)54(72)64(13)46(34-41-27-22-19-23-28-41)57(75)68-30-24-29-45(68)51(69)61-42(31-35(2)3)55(73)65(14)47(37(6)7)52(70)62-43(32-36(4)5)56(74)67(16)50(59(77)79-49)60(11,12)78/h18-23,25-28,35-39,42-50,78H,17,24,29-34H2,1-16H3,(H,61,69)(H,62,70)(H,63,71)/t39-,42+,43+,44+,45+,46+,47+,48+,49-,50-/m1/s1. The maximum Gasteiger partial charge on any atom is 0.332 e. The van der Waals surface area contributed by atoms with Gasteiger partial charge in [-0.1, -0.05) is 130 Å². The first kappa shape index (κ1) is 65.2. The Hall–Kier alpha value is -6.37. The third-order valence-electron chi connectivity index (χ3n) is 15.4. The van der Waals surface area contributed by atoms with Gasteiger partial charge in [0.1, 0.15) is 42.3 Å². The van der Waals surface area contributed by atoms with Gasteiger partial charge in [-0.25, -0.2) is 4.79 Å². The smallest absolute Gasteiger partial charge is 0.332 e. The number of ether oxygens (including phenoxy) is 1. The lowest BCUT2D eigenvalue weighted by Crippen LogP contribution is -2.62. The Morgan fingerprint density at radius 3 is 1.46 bits per heavy atom. The normalized spacial score (nSPS) is 26.2. The quantitative estimate of drug-likeness (QED) is 0.206. The highest BCUT2D eigenvalue weighted by Crippen LogP contribution is 2.27. The van der Waals surface area contributed by atoms with Crippen molar-refractivity contribution in [1.29, 1.82) is 0 Å². The molecule has 2 saturated heterocycles. The first-order valence-corrected chi connectivity index (χ1v) is 28.2. The van der Waals surface area contributed by atoms with Crippen LogP contribution in [-0.2, 0) is 60.7 Å². The zero-order valence-electron chi connectivity index (χ0n) is 49.8. The number of aliphatic hydroxyl groups is 1. The number of hydrogen-bond donors (Lipinski definition) is 4. The number of amides is 8. The van der Waals surface area contributed by atoms with Crippen LogP contribution in [0.3, 0.4) is 0 Å². The molecule has 438 valence electrons. The zero-order chi connectivity index (χ0) is 59.4. The fourth-order valence-corrected chi connectivity index (χ4v) is 11.0. The molecule has 0 radical (unpaired) electrons. The molecule has 19 nitrogen and oxygen atoms in total. The van der Waals surface area contributed by atoms with Crippen molar-refractivity contribution in [2.24, 2.45) is 29.6 Å². The molecule has 10 atom stereocenters. The fraction of sp³-hybridized carbons (Fsp3) is 0.650. The molecule has 0 saturated carbocycles. The van der Waals surface area contributed by atoms with Gasteiger partial charge in [-0.05, 0) is 80.8 Å². The number of likely N-dealkylation sites (N-methyl/N-ethyl adjacent to an activating group) is 4. The second-order valence-corrected chi connectivity index (χ2v) is 24.0. The predicted octanol–water partition coefficient (Wildman–Crippen LogP) is 4.37. The van der Waals surface area contributed by atoms with Gasteiger partial charge >= 0.3 is 5.97 Å². The number of nitrogens with zero attached hydrogens (tertiary/aromatic N) is 5. The van der Waals surface area contributed by atoms with Gasteiger partial charge in [0.05, 0.1) is 5.60 Å². The second kappa shape index (κ2) is 28.7. The molecule has 0 aliphatic carbocycles. The highest BCUT2D eigenvalue weighted by atomic mass is 16.6. The molecule has 0 bridgehead atoms. The SMILES string of the molecule is CC[C@@H](C)[C@H]1OC(=O)[C@H](C(C)(C)O)N(C)C(=O)[C@H](CC(C)C)NC(=O)[C@H](C(C)C)N(C)C(=O)[C@H](CC(C)C)NC(=O)[C@@H]2CCCN2C(=O)[C@H](Cc2ccccc2)N(C)C(=O)[C@H](Cc2ccccc2)NC(=O)[C@H](C(C)C)N(C)C1=O. The molecule has 4 rings (SSSR count). The predicted molar refractivity (Wildman–Crippen MR) is 301 cm³/mol. The van der Waals surface area contributed by atoms with E-state index in [1.165, 1.54) is 61.6 Å². The van der Waals surface area contributed by atoms with Crippen LogP contribution in [0.4, 0.5) is 0 Å². The third-order valence-corrected chi connectivity index (χ3v) is 15.4. The lowest BCUT2D eigenvalue weighted by molar-refractivity contribution is -0.177. The Morgan fingerprint density at radius 1 is 0.570 bits per heavy atom. The number of hydrogen-bond acceptors (Lipinski definition) is 11. The minimum Gasteiger partial charge on any atom is -0.450 e. The molecule has 2 heterocycles. The summed E-state index contributed by atoms with van der Waals surface area (Å²) in [5.74, 6) is -8.31. The molecule has 8 amide bonds. The third kappa shape index (κ3) is 16.8. The van der Waals surface area contributed by atoms with E-state index in [1.54, 1.807) is 65.8 Å². The van der Waals surface area contributed by atoms with E-state index < -0.39 is 131 Å². The van der Waals surface area contributed by atoms with E-state index in [0.717, 1.165) is 10.5 Å². The molecule has 0 aromatic heterocycles. The fourth-order valence-electron chi connectivity index (χ4n) is 11.0. The number of carbonyl (C=O) groups is 9. The summed E-state index contributed by atoms with van der Waals surface area (Å²) < 4.78 is 6.09. The van der Waals surface area contributed by atoms with Gasteiger partial charge in [0.15, 0.2) is 12.1 Å². The van der Waals surface area contributed by atoms with Gasteiger partial charge < -0.3 is 50.3 Å². The molecule has 2 aliphatic rings. The Morgan fingerprint density at radius 2 is 1.00 bits per heavy atom. The van der Waals surface area contributed by atoms with E-state index in [-0.39, 0.29) is 50.5 Å². The van der Waals surface area contributed by atoms with Crippen LogP contribution in [0.5, 0.6) is 0 Å². The van der Waals surface area contributed by atoms with E-state index >= 15 is 9.59 Å². The summed E-state index contributed by atoms with van der Waals surface area (Å²) in [5, 5.41) is 20.4. The number of fused-ring (bicyclic) bond motifs is 1. The van der Waals surface area contributed by atoms with Crippen LogP contribution in [0.1, 0.15) is 126 Å². The van der Waals surface area contributed by atoms with E-state index in [9.17, 15) is 38.7 Å². The number of nitrogens with one attached hydrogen (secondary N) is 3. The number of esters is 1. The Balaban J connectivity index is 1.97. The summed E-state index contributed by atoms with van der Waals surface area (Å²) in [7, 11) is 5.67. The van der Waals surface area contributed by atoms with E-state index in [2.05, 4.69) is 16.0 Å². The van der Waals surface area contributed by atoms with Crippen LogP contribution in [0, 0.1) is 29.6 Å². The van der Waals surface area contributed by atoms with Crippen LogP contribution >= 0.6 is 0 Å². The maximum atomic E-state index is 15.3. The summed E-state index contributed by atoms with van der Waals surface area (Å²) in [5.41, 5.74) is -0.551. The molecule has 79 heavy (non-hydrogen) atoms. The van der Waals surface area contributed by atoms with Gasteiger partial charge in [-0.15, -0.1) is 0 Å². The van der Waals surface area contributed by atoms with Gasteiger partial charge in [0.2, 0.25) is 41.4 Å². The minimum absolute atomic E-state index is 0.00652. The highest BCUT2D eigenvalue weighted by molar-refractivity contribution is 5.99. The summed E-state index contributed by atoms with van der Waals surface area (Å²) in [6, 6.07) is 8.12. The number of benzene rings is 2. The molecular formula is C60H92N8O11. The van der Waals surface area contributed by atoms with Crippen LogP contribution < -0.4 is 16.0 Å². The Labute approximate surface area is 469 Å². The topological polar surface area (TPSA) is 235 Å². The number of rotatable bonds is 13. The first-order valence-electron chi connectivity index (χ1n) is 28.2. The zero-order valence-corrected chi connectivity index (χ0v) is 49.8. The largest absolute Gasteiger partial charge is 0.450 e. The van der Waals surface area contributed by atoms with Crippen molar-refractivity contribution in [1.82, 2.24) is 40.4 Å².